The van der Waals surface area contributed by atoms with Gasteiger partial charge in [-0.15, -0.1) is 0 Å². The summed E-state index contributed by atoms with van der Waals surface area (Å²) in [4.78, 5) is 0. The van der Waals surface area contributed by atoms with Gasteiger partial charge in [-0.3, -0.25) is 0 Å². The van der Waals surface area contributed by atoms with Crippen molar-refractivity contribution in [3.63, 3.8) is 0 Å². The van der Waals surface area contributed by atoms with Crippen LogP contribution >= 0.6 is 0 Å². The summed E-state index contributed by atoms with van der Waals surface area (Å²) in [6.45, 7) is 4.80. The van der Waals surface area contributed by atoms with Gasteiger partial charge in [0.05, 0.1) is 0 Å². The molecule has 0 fully saturated rings. The first-order valence-corrected chi connectivity index (χ1v) is 7.13. The molecule has 1 nitrogen and oxygen atoms in total. The predicted molar refractivity (Wildman–Crippen MR) is 72.7 cm³/mol. The molecule has 0 aliphatic rings. The van der Waals surface area contributed by atoms with Gasteiger partial charge in [-0.2, -0.15) is 0 Å². The molecule has 0 bridgehead atoms. The molecule has 0 aromatic carbocycles. The maximum absolute atomic E-state index is 9.00. The summed E-state index contributed by atoms with van der Waals surface area (Å²) in [6.07, 6.45) is 14.9. The topological polar surface area (TPSA) is 20.2 Å². The lowest BCUT2D eigenvalue weighted by Crippen LogP contribution is -1.90. The maximum atomic E-state index is 9.00. The van der Waals surface area contributed by atoms with Crippen LogP contribution in [0.15, 0.2) is 11.6 Å². The molecule has 0 unspecified atom stereocenters. The van der Waals surface area contributed by atoms with Gasteiger partial charge in [0.1, 0.15) is 0 Å². The minimum atomic E-state index is 0.313. The van der Waals surface area contributed by atoms with E-state index in [4.69, 9.17) is 5.11 Å². The van der Waals surface area contributed by atoms with Crippen molar-refractivity contribution in [3.05, 3.63) is 11.6 Å². The first kappa shape index (κ1) is 15.7. The number of hydrogen-bond donors (Lipinski definition) is 1. The molecule has 0 aromatic rings. The van der Waals surface area contributed by atoms with Gasteiger partial charge in [-0.05, 0) is 32.1 Å². The monoisotopic (exact) mass is 226 g/mol. The van der Waals surface area contributed by atoms with E-state index in [1.165, 1.54) is 63.4 Å². The Balaban J connectivity index is 3.67. The first-order chi connectivity index (χ1) is 7.85. The number of unbranched alkanes of at least 4 members (excludes halogenated alkanes) is 6. The van der Waals surface area contributed by atoms with Crippen molar-refractivity contribution in [2.24, 2.45) is 0 Å². The minimum absolute atomic E-state index is 0.313. The van der Waals surface area contributed by atoms with Crippen LogP contribution in [0.1, 0.15) is 78.1 Å². The Kier molecular flexibility index (Phi) is 12.5. The second-order valence-corrected chi connectivity index (χ2v) is 4.64. The fraction of sp³-hybridized carbons (Fsp3) is 0.867. The number of aliphatic hydroxyl groups excluding tert-OH is 1. The fourth-order valence-electron chi connectivity index (χ4n) is 1.95. The van der Waals surface area contributed by atoms with E-state index in [2.05, 4.69) is 19.9 Å². The van der Waals surface area contributed by atoms with Crippen molar-refractivity contribution >= 4 is 0 Å². The number of allylic oxidation sites excluding steroid dienone is 1. The van der Waals surface area contributed by atoms with Gasteiger partial charge in [-0.25, -0.2) is 0 Å². The van der Waals surface area contributed by atoms with Crippen LogP contribution in [-0.2, 0) is 0 Å². The van der Waals surface area contributed by atoms with Crippen LogP contribution in [0.5, 0.6) is 0 Å². The van der Waals surface area contributed by atoms with Crippen LogP contribution in [0.25, 0.3) is 0 Å². The molecule has 1 heteroatoms. The molecule has 0 radical (unpaired) electrons. The van der Waals surface area contributed by atoms with Crippen molar-refractivity contribution in [2.75, 3.05) is 6.61 Å². The summed E-state index contributed by atoms with van der Waals surface area (Å²) < 4.78 is 0. The van der Waals surface area contributed by atoms with Gasteiger partial charge >= 0.3 is 0 Å². The van der Waals surface area contributed by atoms with Gasteiger partial charge < -0.3 is 5.11 Å². The molecule has 0 heterocycles. The molecule has 16 heavy (non-hydrogen) atoms. The van der Waals surface area contributed by atoms with Gasteiger partial charge in [0.25, 0.3) is 0 Å². The Hall–Kier alpha value is -0.300. The zero-order valence-electron chi connectivity index (χ0n) is 11.3. The Morgan fingerprint density at radius 2 is 1.56 bits per heavy atom. The highest BCUT2D eigenvalue weighted by molar-refractivity contribution is 5.01. The number of hydrogen-bond acceptors (Lipinski definition) is 1. The van der Waals surface area contributed by atoms with Gasteiger partial charge in [0, 0.05) is 6.61 Å². The normalized spacial score (nSPS) is 12.1. The molecule has 0 aliphatic heterocycles. The number of aliphatic hydroxyl groups is 1. The molecule has 0 aromatic heterocycles. The van der Waals surface area contributed by atoms with Gasteiger partial charge in [0.15, 0.2) is 0 Å². The maximum Gasteiger partial charge on any atom is 0.0468 e. The standard InChI is InChI=1S/C15H30O/c1-3-5-7-9-11-15(13-14-16)12-10-8-6-4-2/h11,16H,3-10,12-14H2,1-2H3/b15-11+. The van der Waals surface area contributed by atoms with E-state index in [-0.39, 0.29) is 0 Å². The molecule has 0 spiro atoms. The van der Waals surface area contributed by atoms with Crippen LogP contribution in [0, 0.1) is 0 Å². The third-order valence-corrected chi connectivity index (χ3v) is 3.03. The van der Waals surface area contributed by atoms with E-state index < -0.39 is 0 Å². The highest BCUT2D eigenvalue weighted by Gasteiger charge is 1.97. The van der Waals surface area contributed by atoms with Crippen molar-refractivity contribution in [3.8, 4) is 0 Å². The first-order valence-electron chi connectivity index (χ1n) is 7.13. The Morgan fingerprint density at radius 3 is 2.19 bits per heavy atom. The quantitative estimate of drug-likeness (QED) is 0.394. The molecule has 1 N–H and O–H groups in total. The van der Waals surface area contributed by atoms with E-state index in [1.807, 2.05) is 0 Å². The SMILES string of the molecule is CCCCC/C=C(/CCO)CCCCCC. The summed E-state index contributed by atoms with van der Waals surface area (Å²) in [7, 11) is 0. The zero-order valence-corrected chi connectivity index (χ0v) is 11.3. The Morgan fingerprint density at radius 1 is 0.875 bits per heavy atom. The Labute approximate surface area is 102 Å². The molecule has 0 amide bonds. The fourth-order valence-corrected chi connectivity index (χ4v) is 1.95. The van der Waals surface area contributed by atoms with Crippen molar-refractivity contribution in [1.29, 1.82) is 0 Å². The average molecular weight is 226 g/mol. The van der Waals surface area contributed by atoms with Crippen LogP contribution in [-0.4, -0.2) is 11.7 Å². The zero-order chi connectivity index (χ0) is 12.1. The summed E-state index contributed by atoms with van der Waals surface area (Å²) in [5.41, 5.74) is 1.48. The lowest BCUT2D eigenvalue weighted by atomic mass is 10.0. The smallest absolute Gasteiger partial charge is 0.0468 e. The second kappa shape index (κ2) is 12.8. The van der Waals surface area contributed by atoms with Crippen LogP contribution < -0.4 is 0 Å². The van der Waals surface area contributed by atoms with E-state index in [0.717, 1.165) is 6.42 Å². The van der Waals surface area contributed by atoms with Gasteiger partial charge in [0.2, 0.25) is 0 Å². The van der Waals surface area contributed by atoms with Gasteiger partial charge in [-0.1, -0.05) is 57.6 Å². The third kappa shape index (κ3) is 10.2. The van der Waals surface area contributed by atoms with Crippen LogP contribution in [0.4, 0.5) is 0 Å². The molecule has 0 atom stereocenters. The van der Waals surface area contributed by atoms with E-state index in [1.54, 1.807) is 0 Å². The highest BCUT2D eigenvalue weighted by Crippen LogP contribution is 2.15. The minimum Gasteiger partial charge on any atom is -0.396 e. The Bertz CT molecular complexity index is 161. The molecule has 96 valence electrons. The number of rotatable bonds is 11. The molecule has 0 rings (SSSR count). The van der Waals surface area contributed by atoms with Crippen LogP contribution in [0.2, 0.25) is 0 Å². The third-order valence-electron chi connectivity index (χ3n) is 3.03. The lowest BCUT2D eigenvalue weighted by Gasteiger charge is -2.06. The summed E-state index contributed by atoms with van der Waals surface area (Å²) in [5, 5.41) is 9.00. The predicted octanol–water partition coefficient (Wildman–Crippen LogP) is 4.85. The molecule has 0 saturated carbocycles. The van der Waals surface area contributed by atoms with Crippen molar-refractivity contribution < 1.29 is 5.11 Å². The van der Waals surface area contributed by atoms with Crippen molar-refractivity contribution in [2.45, 2.75) is 78.1 Å². The van der Waals surface area contributed by atoms with E-state index in [9.17, 15) is 0 Å². The van der Waals surface area contributed by atoms with E-state index in [0.29, 0.717) is 6.61 Å². The van der Waals surface area contributed by atoms with E-state index >= 15 is 0 Å². The molecular weight excluding hydrogens is 196 g/mol. The van der Waals surface area contributed by atoms with Crippen LogP contribution in [0.3, 0.4) is 0 Å². The largest absolute Gasteiger partial charge is 0.396 e. The summed E-state index contributed by atoms with van der Waals surface area (Å²) in [5.74, 6) is 0. The molecule has 0 saturated heterocycles. The highest BCUT2D eigenvalue weighted by atomic mass is 16.2. The molecular formula is C15H30O. The summed E-state index contributed by atoms with van der Waals surface area (Å²) in [6, 6.07) is 0. The lowest BCUT2D eigenvalue weighted by molar-refractivity contribution is 0.297. The summed E-state index contributed by atoms with van der Waals surface area (Å²) >= 11 is 0. The van der Waals surface area contributed by atoms with Crippen molar-refractivity contribution in [1.82, 2.24) is 0 Å². The second-order valence-electron chi connectivity index (χ2n) is 4.64. The molecule has 0 aliphatic carbocycles. The average Bonchev–Trinajstić information content (AvgIpc) is 2.30.